The maximum Gasteiger partial charge on any atom is 0.333 e. The van der Waals surface area contributed by atoms with Gasteiger partial charge in [0.1, 0.15) is 11.7 Å². The fraction of sp³-hybridized carbons (Fsp3) is 0.789. The second-order valence-electron chi connectivity index (χ2n) is 8.34. The second kappa shape index (κ2) is 5.35. The van der Waals surface area contributed by atoms with E-state index in [1.54, 1.807) is 0 Å². The smallest absolute Gasteiger partial charge is 0.333 e. The molecule has 1 saturated heterocycles. The molecule has 0 radical (unpaired) electrons. The van der Waals surface area contributed by atoms with Crippen molar-refractivity contribution in [1.29, 1.82) is 0 Å². The highest BCUT2D eigenvalue weighted by molar-refractivity contribution is 5.88. The van der Waals surface area contributed by atoms with Crippen molar-refractivity contribution in [2.45, 2.75) is 70.0 Å². The first-order valence-electron chi connectivity index (χ1n) is 9.04. The predicted molar refractivity (Wildman–Crippen MR) is 84.4 cm³/mol. The van der Waals surface area contributed by atoms with Gasteiger partial charge < -0.3 is 9.47 Å². The molecule has 4 saturated carbocycles. The Morgan fingerprint density at radius 3 is 2.30 bits per heavy atom. The Bertz CT molecular complexity index is 514. The number of carbonyl (C=O) groups is 2. The van der Waals surface area contributed by atoms with Gasteiger partial charge in [-0.1, -0.05) is 6.58 Å². The first-order valence-corrected chi connectivity index (χ1v) is 9.04. The lowest BCUT2D eigenvalue weighted by Crippen LogP contribution is -2.58. The highest BCUT2D eigenvalue weighted by Gasteiger charge is 2.57. The summed E-state index contributed by atoms with van der Waals surface area (Å²) in [5.74, 6) is 2.39. The van der Waals surface area contributed by atoms with E-state index in [1.165, 1.54) is 32.1 Å². The Labute approximate surface area is 137 Å². The summed E-state index contributed by atoms with van der Waals surface area (Å²) >= 11 is 0. The minimum absolute atomic E-state index is 0.0381. The lowest BCUT2D eigenvalue weighted by Gasteiger charge is -2.59. The molecule has 1 unspecified atom stereocenters. The minimum Gasteiger partial charge on any atom is -0.462 e. The molecule has 0 N–H and O–H groups in total. The second-order valence-corrected chi connectivity index (χ2v) is 8.34. The van der Waals surface area contributed by atoms with Crippen molar-refractivity contribution in [1.82, 2.24) is 0 Å². The van der Waals surface area contributed by atoms with E-state index in [0.717, 1.165) is 11.8 Å². The molecule has 1 atom stereocenters. The van der Waals surface area contributed by atoms with Gasteiger partial charge in [-0.15, -0.1) is 0 Å². The number of esters is 2. The molecule has 1 aliphatic heterocycles. The number of rotatable bonds is 5. The molecule has 4 nitrogen and oxygen atoms in total. The van der Waals surface area contributed by atoms with Gasteiger partial charge >= 0.3 is 11.9 Å². The van der Waals surface area contributed by atoms with Gasteiger partial charge in [-0.25, -0.2) is 4.79 Å². The van der Waals surface area contributed by atoms with Gasteiger partial charge in [-0.2, -0.15) is 0 Å². The minimum atomic E-state index is -0.295. The fourth-order valence-corrected chi connectivity index (χ4v) is 5.52. The summed E-state index contributed by atoms with van der Waals surface area (Å²) in [6.07, 6.45) is 7.94. The van der Waals surface area contributed by atoms with Gasteiger partial charge in [0.05, 0.1) is 6.42 Å². The van der Waals surface area contributed by atoms with Crippen LogP contribution in [0.4, 0.5) is 0 Å². The van der Waals surface area contributed by atoms with Crippen LogP contribution in [-0.4, -0.2) is 23.6 Å². The van der Waals surface area contributed by atoms with Crippen molar-refractivity contribution >= 4 is 11.9 Å². The molecule has 126 valence electrons. The monoisotopic (exact) mass is 318 g/mol. The maximum absolute atomic E-state index is 12.5. The Hall–Kier alpha value is -1.32. The lowest BCUT2D eigenvalue weighted by molar-refractivity contribution is -0.199. The Morgan fingerprint density at radius 1 is 1.22 bits per heavy atom. The highest BCUT2D eigenvalue weighted by atomic mass is 16.6. The van der Waals surface area contributed by atoms with Crippen LogP contribution in [0.15, 0.2) is 12.2 Å². The van der Waals surface area contributed by atoms with E-state index in [1.807, 2.05) is 0 Å². The Morgan fingerprint density at radius 2 is 1.78 bits per heavy atom. The molecule has 0 aromatic rings. The van der Waals surface area contributed by atoms with Gasteiger partial charge in [-0.05, 0) is 75.5 Å². The van der Waals surface area contributed by atoms with Gasteiger partial charge in [-0.3, -0.25) is 4.79 Å². The van der Waals surface area contributed by atoms with Crippen molar-refractivity contribution in [2.24, 2.45) is 23.7 Å². The summed E-state index contributed by atoms with van der Waals surface area (Å²) in [7, 11) is 0. The third-order valence-corrected chi connectivity index (χ3v) is 6.82. The molecule has 0 amide bonds. The Kier molecular flexibility index (Phi) is 3.54. The van der Waals surface area contributed by atoms with Crippen LogP contribution in [0.2, 0.25) is 0 Å². The maximum atomic E-state index is 12.5. The van der Waals surface area contributed by atoms with Crippen molar-refractivity contribution in [3.8, 4) is 0 Å². The summed E-state index contributed by atoms with van der Waals surface area (Å²) in [5.41, 5.74) is 0.221. The zero-order valence-electron chi connectivity index (χ0n) is 13.9. The van der Waals surface area contributed by atoms with E-state index < -0.39 is 0 Å². The van der Waals surface area contributed by atoms with Crippen molar-refractivity contribution in [3.63, 3.8) is 0 Å². The van der Waals surface area contributed by atoms with Crippen LogP contribution in [0.25, 0.3) is 0 Å². The molecule has 4 aliphatic carbocycles. The van der Waals surface area contributed by atoms with Gasteiger partial charge in [0.25, 0.3) is 0 Å². The summed E-state index contributed by atoms with van der Waals surface area (Å²) < 4.78 is 11.0. The number of hydrogen-bond donors (Lipinski definition) is 0. The molecule has 0 spiro atoms. The number of ether oxygens (including phenoxy) is 2. The third kappa shape index (κ3) is 2.60. The SMILES string of the molecule is C=C(CCC1CC(=O)O1)C(=O)OC1(C)C2CC3CC(C2)CC1C3. The number of cyclic esters (lactones) is 1. The molecule has 0 aromatic carbocycles. The van der Waals surface area contributed by atoms with E-state index >= 15 is 0 Å². The average Bonchev–Trinajstić information content (AvgIpc) is 2.47. The third-order valence-electron chi connectivity index (χ3n) is 6.82. The van der Waals surface area contributed by atoms with Crippen molar-refractivity contribution < 1.29 is 19.1 Å². The first-order chi connectivity index (χ1) is 10.9. The standard InChI is InChI=1S/C19H26O4/c1-11(3-4-16-10-17(20)22-16)18(21)23-19(2)14-6-12-5-13(8-14)9-15(19)7-12/h12-16H,1,3-10H2,2H3. The van der Waals surface area contributed by atoms with E-state index in [-0.39, 0.29) is 23.6 Å². The molecule has 5 rings (SSSR count). The molecule has 1 heterocycles. The van der Waals surface area contributed by atoms with Crippen LogP contribution in [-0.2, 0) is 19.1 Å². The fourth-order valence-electron chi connectivity index (χ4n) is 5.52. The zero-order valence-corrected chi connectivity index (χ0v) is 13.9. The van der Waals surface area contributed by atoms with E-state index in [9.17, 15) is 9.59 Å². The summed E-state index contributed by atoms with van der Waals surface area (Å²) in [6, 6.07) is 0. The molecule has 4 heteroatoms. The quantitative estimate of drug-likeness (QED) is 0.576. The average molecular weight is 318 g/mol. The molecule has 23 heavy (non-hydrogen) atoms. The van der Waals surface area contributed by atoms with E-state index in [4.69, 9.17) is 9.47 Å². The van der Waals surface area contributed by atoms with Crippen LogP contribution < -0.4 is 0 Å². The van der Waals surface area contributed by atoms with Crippen LogP contribution in [0.3, 0.4) is 0 Å². The molecule has 4 bridgehead atoms. The van der Waals surface area contributed by atoms with Crippen molar-refractivity contribution in [2.75, 3.05) is 0 Å². The molecular formula is C19H26O4. The van der Waals surface area contributed by atoms with Gasteiger partial charge in [0, 0.05) is 5.57 Å². The van der Waals surface area contributed by atoms with Crippen LogP contribution in [0.5, 0.6) is 0 Å². The topological polar surface area (TPSA) is 52.6 Å². The number of carbonyl (C=O) groups excluding carboxylic acids is 2. The van der Waals surface area contributed by atoms with Gasteiger partial charge in [0.15, 0.2) is 0 Å². The molecule has 0 aromatic heterocycles. The Balaban J connectivity index is 1.34. The highest BCUT2D eigenvalue weighted by Crippen LogP contribution is 2.59. The van der Waals surface area contributed by atoms with Crippen LogP contribution in [0.1, 0.15) is 58.3 Å². The molecule has 5 fully saturated rings. The van der Waals surface area contributed by atoms with Gasteiger partial charge in [0.2, 0.25) is 0 Å². The van der Waals surface area contributed by atoms with E-state index in [2.05, 4.69) is 13.5 Å². The predicted octanol–water partition coefficient (Wildman–Crippen LogP) is 3.40. The lowest BCUT2D eigenvalue weighted by atomic mass is 9.50. The van der Waals surface area contributed by atoms with E-state index in [0.29, 0.717) is 36.7 Å². The zero-order chi connectivity index (χ0) is 16.2. The van der Waals surface area contributed by atoms with Crippen molar-refractivity contribution in [3.05, 3.63) is 12.2 Å². The largest absolute Gasteiger partial charge is 0.462 e. The first kappa shape index (κ1) is 15.2. The van der Waals surface area contributed by atoms with Crippen LogP contribution >= 0.6 is 0 Å². The molecule has 5 aliphatic rings. The summed E-state index contributed by atoms with van der Waals surface area (Å²) in [4.78, 5) is 23.3. The number of hydrogen-bond acceptors (Lipinski definition) is 4. The van der Waals surface area contributed by atoms with Crippen LogP contribution in [0, 0.1) is 23.7 Å². The summed E-state index contributed by atoms with van der Waals surface area (Å²) in [5, 5.41) is 0. The normalized spacial score (nSPS) is 43.7. The molecular weight excluding hydrogens is 292 g/mol. The summed E-state index contributed by atoms with van der Waals surface area (Å²) in [6.45, 7) is 6.05.